The van der Waals surface area contributed by atoms with Gasteiger partial charge in [-0.25, -0.2) is 0 Å². The van der Waals surface area contributed by atoms with E-state index in [9.17, 15) is 4.79 Å². The summed E-state index contributed by atoms with van der Waals surface area (Å²) < 4.78 is 10.5. The highest BCUT2D eigenvalue weighted by molar-refractivity contribution is 6.29. The molecule has 0 N–H and O–H groups in total. The molecule has 0 fully saturated rings. The second-order valence-corrected chi connectivity index (χ2v) is 4.59. The molecular weight excluding hydrogens is 266 g/mol. The molecule has 1 unspecified atom stereocenters. The molecule has 5 heteroatoms. The number of alkyl halides is 1. The number of halogens is 1. The smallest absolute Gasteiger partial charge is 0.242 e. The Hall–Kier alpha value is -1.26. The third-order valence-electron chi connectivity index (χ3n) is 2.89. The SMILES string of the molecule is COCC(C)N(C(=O)CCl)c1c(C)cccc1OC. The maximum atomic E-state index is 12.1. The summed E-state index contributed by atoms with van der Waals surface area (Å²) in [5.41, 5.74) is 1.71. The van der Waals surface area contributed by atoms with E-state index in [2.05, 4.69) is 0 Å². The Bertz CT molecular complexity index is 437. The van der Waals surface area contributed by atoms with Gasteiger partial charge in [0.25, 0.3) is 0 Å². The van der Waals surface area contributed by atoms with Crippen LogP contribution in [0.4, 0.5) is 5.69 Å². The Morgan fingerprint density at radius 2 is 2.11 bits per heavy atom. The van der Waals surface area contributed by atoms with Gasteiger partial charge in [0.05, 0.1) is 25.4 Å². The zero-order valence-electron chi connectivity index (χ0n) is 11.8. The average Bonchev–Trinajstić information content (AvgIpc) is 2.40. The fourth-order valence-corrected chi connectivity index (χ4v) is 2.21. The summed E-state index contributed by atoms with van der Waals surface area (Å²) in [4.78, 5) is 13.8. The molecule has 0 aliphatic carbocycles. The Morgan fingerprint density at radius 3 is 2.63 bits per heavy atom. The number of rotatable bonds is 6. The Morgan fingerprint density at radius 1 is 1.42 bits per heavy atom. The first-order valence-electron chi connectivity index (χ1n) is 6.07. The molecule has 0 heterocycles. The maximum absolute atomic E-state index is 12.1. The standard InChI is InChI=1S/C14H20ClNO3/c1-10-6-5-7-12(19-4)14(10)16(13(17)8-15)11(2)9-18-3/h5-7,11H,8-9H2,1-4H3. The highest BCUT2D eigenvalue weighted by Gasteiger charge is 2.25. The predicted octanol–water partition coefficient (Wildman–Crippen LogP) is 2.61. The number of carbonyl (C=O) groups is 1. The fourth-order valence-electron chi connectivity index (χ4n) is 2.08. The lowest BCUT2D eigenvalue weighted by molar-refractivity contribution is -0.116. The van der Waals surface area contributed by atoms with E-state index in [1.807, 2.05) is 32.0 Å². The zero-order valence-corrected chi connectivity index (χ0v) is 12.5. The molecule has 1 aromatic carbocycles. The molecule has 1 rings (SSSR count). The third kappa shape index (κ3) is 3.61. The molecule has 106 valence electrons. The molecule has 0 aliphatic heterocycles. The van der Waals surface area contributed by atoms with Crippen molar-refractivity contribution in [2.24, 2.45) is 0 Å². The number of methoxy groups -OCH3 is 2. The monoisotopic (exact) mass is 285 g/mol. The van der Waals surface area contributed by atoms with Crippen molar-refractivity contribution in [3.63, 3.8) is 0 Å². The molecule has 1 amide bonds. The first kappa shape index (κ1) is 15.8. The molecule has 0 bridgehead atoms. The molecule has 0 saturated heterocycles. The molecular formula is C14H20ClNO3. The minimum absolute atomic E-state index is 0.0778. The summed E-state index contributed by atoms with van der Waals surface area (Å²) in [6.45, 7) is 4.28. The first-order chi connectivity index (χ1) is 9.06. The van der Waals surface area contributed by atoms with Crippen LogP contribution in [0.5, 0.6) is 5.75 Å². The predicted molar refractivity (Wildman–Crippen MR) is 77.3 cm³/mol. The van der Waals surface area contributed by atoms with Crippen LogP contribution in [0.1, 0.15) is 12.5 Å². The van der Waals surface area contributed by atoms with Gasteiger partial charge in [0, 0.05) is 7.11 Å². The average molecular weight is 286 g/mol. The van der Waals surface area contributed by atoms with Crippen molar-refractivity contribution in [2.45, 2.75) is 19.9 Å². The van der Waals surface area contributed by atoms with Crippen LogP contribution in [0.15, 0.2) is 18.2 Å². The number of amides is 1. The van der Waals surface area contributed by atoms with E-state index < -0.39 is 0 Å². The zero-order chi connectivity index (χ0) is 14.4. The summed E-state index contributed by atoms with van der Waals surface area (Å²) in [5.74, 6) is 0.408. The molecule has 1 atom stereocenters. The van der Waals surface area contributed by atoms with E-state index in [1.165, 1.54) is 0 Å². The summed E-state index contributed by atoms with van der Waals surface area (Å²) in [6.07, 6.45) is 0. The van der Waals surface area contributed by atoms with Gasteiger partial charge in [0.15, 0.2) is 0 Å². The molecule has 4 nitrogen and oxygen atoms in total. The fraction of sp³-hybridized carbons (Fsp3) is 0.500. The molecule has 0 radical (unpaired) electrons. The van der Waals surface area contributed by atoms with Crippen molar-refractivity contribution in [3.05, 3.63) is 23.8 Å². The van der Waals surface area contributed by atoms with Crippen LogP contribution in [-0.4, -0.2) is 38.7 Å². The first-order valence-corrected chi connectivity index (χ1v) is 6.60. The van der Waals surface area contributed by atoms with E-state index in [0.29, 0.717) is 12.4 Å². The number of anilines is 1. The number of aryl methyl sites for hydroxylation is 1. The Labute approximate surface area is 119 Å². The van der Waals surface area contributed by atoms with Gasteiger partial charge in [-0.3, -0.25) is 4.79 Å². The number of benzene rings is 1. The van der Waals surface area contributed by atoms with Gasteiger partial charge in [-0.1, -0.05) is 12.1 Å². The molecule has 19 heavy (non-hydrogen) atoms. The van der Waals surface area contributed by atoms with Gasteiger partial charge in [-0.2, -0.15) is 0 Å². The summed E-state index contributed by atoms with van der Waals surface area (Å²) in [5, 5.41) is 0. The van der Waals surface area contributed by atoms with Crippen LogP contribution in [-0.2, 0) is 9.53 Å². The van der Waals surface area contributed by atoms with E-state index >= 15 is 0 Å². The lowest BCUT2D eigenvalue weighted by atomic mass is 10.1. The molecule has 0 spiro atoms. The van der Waals surface area contributed by atoms with Crippen molar-refractivity contribution < 1.29 is 14.3 Å². The summed E-state index contributed by atoms with van der Waals surface area (Å²) >= 11 is 5.72. The van der Waals surface area contributed by atoms with Crippen molar-refractivity contribution in [2.75, 3.05) is 31.6 Å². The van der Waals surface area contributed by atoms with E-state index in [0.717, 1.165) is 11.3 Å². The number of hydrogen-bond donors (Lipinski definition) is 0. The van der Waals surface area contributed by atoms with Gasteiger partial charge >= 0.3 is 0 Å². The van der Waals surface area contributed by atoms with Crippen molar-refractivity contribution in [1.29, 1.82) is 0 Å². The van der Waals surface area contributed by atoms with Crippen molar-refractivity contribution >= 4 is 23.2 Å². The minimum atomic E-state index is -0.168. The summed E-state index contributed by atoms with van der Waals surface area (Å²) in [7, 11) is 3.19. The van der Waals surface area contributed by atoms with Gasteiger partial charge in [0.2, 0.25) is 5.91 Å². The van der Waals surface area contributed by atoms with E-state index in [1.54, 1.807) is 19.1 Å². The van der Waals surface area contributed by atoms with E-state index in [-0.39, 0.29) is 17.8 Å². The molecule has 1 aromatic rings. The quantitative estimate of drug-likeness (QED) is 0.754. The topological polar surface area (TPSA) is 38.8 Å². The van der Waals surface area contributed by atoms with Crippen molar-refractivity contribution in [1.82, 2.24) is 0 Å². The third-order valence-corrected chi connectivity index (χ3v) is 3.12. The number of ether oxygens (including phenoxy) is 2. The molecule has 0 aromatic heterocycles. The van der Waals surface area contributed by atoms with Gasteiger partial charge in [-0.05, 0) is 25.5 Å². The van der Waals surface area contributed by atoms with Gasteiger partial charge < -0.3 is 14.4 Å². The lowest BCUT2D eigenvalue weighted by Crippen LogP contribution is -2.42. The van der Waals surface area contributed by atoms with Gasteiger partial charge in [-0.15, -0.1) is 11.6 Å². The lowest BCUT2D eigenvalue weighted by Gasteiger charge is -2.31. The van der Waals surface area contributed by atoms with Crippen LogP contribution in [0.25, 0.3) is 0 Å². The maximum Gasteiger partial charge on any atom is 0.242 e. The van der Waals surface area contributed by atoms with E-state index in [4.69, 9.17) is 21.1 Å². The number of nitrogens with zero attached hydrogens (tertiary/aromatic N) is 1. The van der Waals surface area contributed by atoms with Crippen LogP contribution < -0.4 is 9.64 Å². The van der Waals surface area contributed by atoms with Crippen LogP contribution in [0, 0.1) is 6.92 Å². The van der Waals surface area contributed by atoms with Crippen LogP contribution in [0.3, 0.4) is 0 Å². The highest BCUT2D eigenvalue weighted by Crippen LogP contribution is 2.33. The number of carbonyl (C=O) groups excluding carboxylic acids is 1. The van der Waals surface area contributed by atoms with Crippen LogP contribution in [0.2, 0.25) is 0 Å². The largest absolute Gasteiger partial charge is 0.495 e. The Balaban J connectivity index is 3.28. The number of hydrogen-bond acceptors (Lipinski definition) is 3. The second-order valence-electron chi connectivity index (χ2n) is 4.33. The van der Waals surface area contributed by atoms with Crippen molar-refractivity contribution in [3.8, 4) is 5.75 Å². The Kier molecular flexibility index (Phi) is 6.12. The minimum Gasteiger partial charge on any atom is -0.495 e. The van der Waals surface area contributed by atoms with Crippen LogP contribution >= 0.6 is 11.6 Å². The molecule has 0 aliphatic rings. The normalized spacial score (nSPS) is 12.1. The second kappa shape index (κ2) is 7.36. The molecule has 0 saturated carbocycles. The summed E-state index contributed by atoms with van der Waals surface area (Å²) in [6, 6.07) is 5.54. The van der Waals surface area contributed by atoms with Gasteiger partial charge in [0.1, 0.15) is 11.6 Å². The highest BCUT2D eigenvalue weighted by atomic mass is 35.5. The number of para-hydroxylation sites is 1.